The van der Waals surface area contributed by atoms with E-state index in [0.717, 1.165) is 33.2 Å². The van der Waals surface area contributed by atoms with E-state index in [-0.39, 0.29) is 0 Å². The van der Waals surface area contributed by atoms with Crippen LogP contribution in [0.3, 0.4) is 0 Å². The maximum Gasteiger partial charge on any atom is 0.137 e. The highest BCUT2D eigenvalue weighted by molar-refractivity contribution is 9.11. The summed E-state index contributed by atoms with van der Waals surface area (Å²) in [4.78, 5) is 14.3. The SMILES string of the molecule is COc1cc(N2C3CCCC2CC(=O)C3)c(Br)cc1Br. The lowest BCUT2D eigenvalue weighted by Crippen LogP contribution is -2.52. The van der Waals surface area contributed by atoms with Crippen LogP contribution in [0.4, 0.5) is 5.69 Å². The van der Waals surface area contributed by atoms with Crippen LogP contribution in [0, 0.1) is 0 Å². The highest BCUT2D eigenvalue weighted by Crippen LogP contribution is 2.43. The van der Waals surface area contributed by atoms with Gasteiger partial charge in [-0.2, -0.15) is 0 Å². The first kappa shape index (κ1) is 14.4. The van der Waals surface area contributed by atoms with Crippen molar-refractivity contribution >= 4 is 43.3 Å². The molecule has 2 heterocycles. The minimum absolute atomic E-state index is 0.345. The summed E-state index contributed by atoms with van der Waals surface area (Å²) in [6, 6.07) is 4.78. The fourth-order valence-corrected chi connectivity index (χ4v) is 4.80. The number of ketones is 1. The first-order chi connectivity index (χ1) is 9.60. The molecule has 2 bridgehead atoms. The van der Waals surface area contributed by atoms with E-state index in [1.807, 2.05) is 6.07 Å². The molecule has 0 amide bonds. The van der Waals surface area contributed by atoms with Crippen LogP contribution in [-0.4, -0.2) is 25.0 Å². The number of benzene rings is 1. The molecule has 3 nitrogen and oxygen atoms in total. The lowest BCUT2D eigenvalue weighted by Gasteiger charge is -2.47. The molecule has 0 saturated carbocycles. The summed E-state index contributed by atoms with van der Waals surface area (Å²) in [5.41, 5.74) is 1.15. The number of piperidine rings is 2. The summed E-state index contributed by atoms with van der Waals surface area (Å²) in [6.07, 6.45) is 4.80. The normalized spacial score (nSPS) is 25.8. The van der Waals surface area contributed by atoms with Crippen molar-refractivity contribution in [1.29, 1.82) is 0 Å². The largest absolute Gasteiger partial charge is 0.495 e. The van der Waals surface area contributed by atoms with E-state index in [4.69, 9.17) is 4.74 Å². The molecular formula is C15H17Br2NO2. The minimum atomic E-state index is 0.345. The second kappa shape index (κ2) is 5.68. The molecule has 2 unspecified atom stereocenters. The van der Waals surface area contributed by atoms with E-state index < -0.39 is 0 Å². The molecule has 2 fully saturated rings. The monoisotopic (exact) mass is 401 g/mol. The Kier molecular flexibility index (Phi) is 4.09. The third-order valence-electron chi connectivity index (χ3n) is 4.29. The third kappa shape index (κ3) is 2.50. The van der Waals surface area contributed by atoms with E-state index in [0.29, 0.717) is 30.7 Å². The second-order valence-electron chi connectivity index (χ2n) is 5.53. The number of hydrogen-bond acceptors (Lipinski definition) is 3. The lowest BCUT2D eigenvalue weighted by molar-refractivity contribution is -0.121. The zero-order chi connectivity index (χ0) is 14.3. The molecule has 3 rings (SSSR count). The number of hydrogen-bond donors (Lipinski definition) is 0. The van der Waals surface area contributed by atoms with Gasteiger partial charge >= 0.3 is 0 Å². The van der Waals surface area contributed by atoms with Gasteiger partial charge in [0.2, 0.25) is 0 Å². The zero-order valence-electron chi connectivity index (χ0n) is 11.4. The van der Waals surface area contributed by atoms with Crippen molar-refractivity contribution in [2.24, 2.45) is 0 Å². The predicted octanol–water partition coefficient (Wildman–Crippen LogP) is 4.31. The van der Waals surface area contributed by atoms with E-state index >= 15 is 0 Å². The highest BCUT2D eigenvalue weighted by atomic mass is 79.9. The van der Waals surface area contributed by atoms with E-state index in [1.165, 1.54) is 6.42 Å². The van der Waals surface area contributed by atoms with Crippen molar-refractivity contribution < 1.29 is 9.53 Å². The van der Waals surface area contributed by atoms with Gasteiger partial charge in [-0.15, -0.1) is 0 Å². The Hall–Kier alpha value is -0.550. The number of methoxy groups -OCH3 is 1. The molecule has 1 aromatic carbocycles. The molecule has 0 aliphatic carbocycles. The Labute approximate surface area is 135 Å². The Bertz CT molecular complexity index is 531. The van der Waals surface area contributed by atoms with Crippen LogP contribution < -0.4 is 9.64 Å². The number of carbonyl (C=O) groups is 1. The van der Waals surface area contributed by atoms with Crippen molar-refractivity contribution in [3.05, 3.63) is 21.1 Å². The molecule has 2 aliphatic rings. The number of nitrogens with zero attached hydrogens (tertiary/aromatic N) is 1. The van der Waals surface area contributed by atoms with Crippen LogP contribution in [0.2, 0.25) is 0 Å². The molecule has 5 heteroatoms. The summed E-state index contributed by atoms with van der Waals surface area (Å²) >= 11 is 7.17. The molecule has 20 heavy (non-hydrogen) atoms. The molecule has 0 N–H and O–H groups in total. The molecule has 0 spiro atoms. The van der Waals surface area contributed by atoms with E-state index in [9.17, 15) is 4.79 Å². The molecule has 0 radical (unpaired) electrons. The van der Waals surface area contributed by atoms with Crippen LogP contribution in [0.15, 0.2) is 21.1 Å². The molecule has 108 valence electrons. The molecule has 1 aromatic rings. The van der Waals surface area contributed by atoms with Crippen LogP contribution in [-0.2, 0) is 4.79 Å². The molecule has 2 saturated heterocycles. The molecule has 0 aromatic heterocycles. The average molecular weight is 403 g/mol. The van der Waals surface area contributed by atoms with Gasteiger partial charge in [-0.1, -0.05) is 0 Å². The van der Waals surface area contributed by atoms with Crippen LogP contribution in [0.25, 0.3) is 0 Å². The van der Waals surface area contributed by atoms with Crippen molar-refractivity contribution in [3.63, 3.8) is 0 Å². The third-order valence-corrected chi connectivity index (χ3v) is 5.54. The highest BCUT2D eigenvalue weighted by Gasteiger charge is 2.38. The van der Waals surface area contributed by atoms with Crippen molar-refractivity contribution in [2.45, 2.75) is 44.2 Å². The smallest absolute Gasteiger partial charge is 0.137 e. The topological polar surface area (TPSA) is 29.5 Å². The van der Waals surface area contributed by atoms with Gasteiger partial charge in [0.25, 0.3) is 0 Å². The van der Waals surface area contributed by atoms with Gasteiger partial charge in [-0.05, 0) is 57.2 Å². The molecular weight excluding hydrogens is 386 g/mol. The fourth-order valence-electron chi connectivity index (χ4n) is 3.44. The molecule has 2 atom stereocenters. The van der Waals surface area contributed by atoms with Gasteiger partial charge in [0.1, 0.15) is 11.5 Å². The summed E-state index contributed by atoms with van der Waals surface area (Å²) in [5, 5.41) is 0. The maximum atomic E-state index is 11.8. The number of carbonyl (C=O) groups excluding carboxylic acids is 1. The first-order valence-corrected chi connectivity index (χ1v) is 8.52. The number of halogens is 2. The Balaban J connectivity index is 2.01. The number of rotatable bonds is 2. The van der Waals surface area contributed by atoms with Crippen LogP contribution in [0.5, 0.6) is 5.75 Å². The number of Topliss-reactive ketones (excluding diaryl/α,β-unsaturated/α-hetero) is 1. The number of anilines is 1. The first-order valence-electron chi connectivity index (χ1n) is 6.93. The summed E-state index contributed by atoms with van der Waals surface area (Å²) in [6.45, 7) is 0. The Morgan fingerprint density at radius 2 is 1.80 bits per heavy atom. The van der Waals surface area contributed by atoms with Crippen LogP contribution >= 0.6 is 31.9 Å². The Morgan fingerprint density at radius 1 is 1.15 bits per heavy atom. The standard InChI is InChI=1S/C15H17Br2NO2/c1-20-15-8-14(12(16)7-13(15)17)18-9-3-2-4-10(18)6-11(19)5-9/h7-10H,2-6H2,1H3. The predicted molar refractivity (Wildman–Crippen MR) is 86.5 cm³/mol. The van der Waals surface area contributed by atoms with E-state index in [2.05, 4.69) is 42.8 Å². The van der Waals surface area contributed by atoms with Gasteiger partial charge in [0.05, 0.1) is 17.3 Å². The lowest BCUT2D eigenvalue weighted by atomic mass is 9.83. The second-order valence-corrected chi connectivity index (χ2v) is 7.24. The minimum Gasteiger partial charge on any atom is -0.495 e. The summed E-state index contributed by atoms with van der Waals surface area (Å²) in [5.74, 6) is 1.24. The quantitative estimate of drug-likeness (QED) is 0.738. The molecule has 2 aliphatic heterocycles. The van der Waals surface area contributed by atoms with Crippen molar-refractivity contribution in [1.82, 2.24) is 0 Å². The van der Waals surface area contributed by atoms with Crippen molar-refractivity contribution in [2.75, 3.05) is 12.0 Å². The summed E-state index contributed by atoms with van der Waals surface area (Å²) < 4.78 is 7.40. The van der Waals surface area contributed by atoms with Gasteiger partial charge in [0, 0.05) is 35.5 Å². The zero-order valence-corrected chi connectivity index (χ0v) is 14.5. The van der Waals surface area contributed by atoms with E-state index in [1.54, 1.807) is 7.11 Å². The maximum absolute atomic E-state index is 11.8. The number of fused-ring (bicyclic) bond motifs is 2. The Morgan fingerprint density at radius 3 is 2.40 bits per heavy atom. The van der Waals surface area contributed by atoms with Crippen molar-refractivity contribution in [3.8, 4) is 5.75 Å². The van der Waals surface area contributed by atoms with Gasteiger partial charge in [0.15, 0.2) is 0 Å². The van der Waals surface area contributed by atoms with Crippen LogP contribution in [0.1, 0.15) is 32.1 Å². The van der Waals surface area contributed by atoms with Gasteiger partial charge in [-0.25, -0.2) is 0 Å². The fraction of sp³-hybridized carbons (Fsp3) is 0.533. The van der Waals surface area contributed by atoms with Gasteiger partial charge < -0.3 is 9.64 Å². The number of ether oxygens (including phenoxy) is 1. The summed E-state index contributed by atoms with van der Waals surface area (Å²) in [7, 11) is 1.68. The van der Waals surface area contributed by atoms with Gasteiger partial charge in [-0.3, -0.25) is 4.79 Å². The average Bonchev–Trinajstić information content (AvgIpc) is 2.38.